The van der Waals surface area contributed by atoms with Crippen LogP contribution in [0.5, 0.6) is 11.6 Å². The maximum Gasteiger partial charge on any atom is 0.223 e. The van der Waals surface area contributed by atoms with Crippen molar-refractivity contribution >= 4 is 39.1 Å². The Morgan fingerprint density at radius 1 is 1.35 bits per heavy atom. The van der Waals surface area contributed by atoms with Gasteiger partial charge in [0.05, 0.1) is 5.02 Å². The van der Waals surface area contributed by atoms with Crippen molar-refractivity contribution in [1.82, 2.24) is 10.3 Å². The second-order valence-electron chi connectivity index (χ2n) is 4.05. The summed E-state index contributed by atoms with van der Waals surface area (Å²) in [6, 6.07) is 7.22. The second-order valence-corrected chi connectivity index (χ2v) is 5.75. The van der Waals surface area contributed by atoms with E-state index in [1.54, 1.807) is 24.4 Å². The van der Waals surface area contributed by atoms with Gasteiger partial charge < -0.3 is 10.1 Å². The van der Waals surface area contributed by atoms with Crippen molar-refractivity contribution in [3.8, 4) is 11.6 Å². The van der Waals surface area contributed by atoms with Crippen molar-refractivity contribution in [3.05, 3.63) is 50.5 Å². The van der Waals surface area contributed by atoms with E-state index in [0.29, 0.717) is 28.2 Å². The summed E-state index contributed by atoms with van der Waals surface area (Å²) >= 11 is 15.5. The van der Waals surface area contributed by atoms with Gasteiger partial charge in [-0.3, -0.25) is 0 Å². The molecule has 0 atom stereocenters. The Bertz CT molecular complexity index is 608. The van der Waals surface area contributed by atoms with E-state index in [1.807, 2.05) is 13.0 Å². The lowest BCUT2D eigenvalue weighted by atomic mass is 10.2. The van der Waals surface area contributed by atoms with Crippen LogP contribution in [-0.2, 0) is 6.54 Å². The Morgan fingerprint density at radius 3 is 2.90 bits per heavy atom. The van der Waals surface area contributed by atoms with Crippen LogP contribution in [0.1, 0.15) is 12.5 Å². The van der Waals surface area contributed by atoms with Crippen molar-refractivity contribution < 1.29 is 4.74 Å². The number of rotatable bonds is 5. The normalized spacial score (nSPS) is 10.6. The summed E-state index contributed by atoms with van der Waals surface area (Å²) in [5.41, 5.74) is 0.942. The molecule has 106 valence electrons. The first-order valence-corrected chi connectivity index (χ1v) is 7.63. The molecule has 2 rings (SSSR count). The zero-order chi connectivity index (χ0) is 14.5. The smallest absolute Gasteiger partial charge is 0.223 e. The van der Waals surface area contributed by atoms with Crippen LogP contribution in [-0.4, -0.2) is 11.5 Å². The van der Waals surface area contributed by atoms with E-state index in [9.17, 15) is 0 Å². The first kappa shape index (κ1) is 15.6. The quantitative estimate of drug-likeness (QED) is 0.793. The first-order valence-electron chi connectivity index (χ1n) is 6.08. The molecule has 0 amide bonds. The van der Waals surface area contributed by atoms with Crippen molar-refractivity contribution in [2.75, 3.05) is 6.54 Å². The van der Waals surface area contributed by atoms with E-state index in [4.69, 9.17) is 27.9 Å². The van der Waals surface area contributed by atoms with Crippen LogP contribution < -0.4 is 10.1 Å². The standard InChI is InChI=1S/C14H13BrCl2N2O/c1-2-18-7-9-6-10(15)8-19-14(9)20-12-5-3-4-11(16)13(12)17/h3-6,8,18H,2,7H2,1H3. The zero-order valence-corrected chi connectivity index (χ0v) is 13.9. The first-order chi connectivity index (χ1) is 9.61. The Morgan fingerprint density at radius 2 is 2.15 bits per heavy atom. The lowest BCUT2D eigenvalue weighted by Gasteiger charge is -2.12. The molecule has 0 unspecified atom stereocenters. The van der Waals surface area contributed by atoms with Crippen molar-refractivity contribution in [1.29, 1.82) is 0 Å². The Balaban J connectivity index is 2.30. The maximum atomic E-state index is 6.12. The molecule has 0 aliphatic heterocycles. The predicted molar refractivity (Wildman–Crippen MR) is 85.9 cm³/mol. The number of nitrogens with zero attached hydrogens (tertiary/aromatic N) is 1. The van der Waals surface area contributed by atoms with Gasteiger partial charge >= 0.3 is 0 Å². The molecule has 6 heteroatoms. The van der Waals surface area contributed by atoms with Crippen LogP contribution in [0.25, 0.3) is 0 Å². The number of ether oxygens (including phenoxy) is 1. The van der Waals surface area contributed by atoms with Gasteiger partial charge in [-0.2, -0.15) is 0 Å². The molecule has 0 saturated heterocycles. The molecule has 0 saturated carbocycles. The molecule has 1 aromatic carbocycles. The van der Waals surface area contributed by atoms with Gasteiger partial charge in [0, 0.05) is 22.8 Å². The van der Waals surface area contributed by atoms with Gasteiger partial charge in [0.2, 0.25) is 5.88 Å². The fourth-order valence-corrected chi connectivity index (χ4v) is 2.32. The Kier molecular flexibility index (Phi) is 5.66. The predicted octanol–water partition coefficient (Wildman–Crippen LogP) is 5.05. The van der Waals surface area contributed by atoms with Crippen molar-refractivity contribution in [3.63, 3.8) is 0 Å². The highest BCUT2D eigenvalue weighted by Gasteiger charge is 2.11. The third-order valence-electron chi connectivity index (χ3n) is 2.58. The monoisotopic (exact) mass is 374 g/mol. The molecule has 0 fully saturated rings. The largest absolute Gasteiger partial charge is 0.437 e. The molecular formula is C14H13BrCl2N2O. The van der Waals surface area contributed by atoms with E-state index >= 15 is 0 Å². The average molecular weight is 376 g/mol. The molecule has 3 nitrogen and oxygen atoms in total. The molecule has 1 heterocycles. The van der Waals surface area contributed by atoms with Crippen LogP contribution in [0, 0.1) is 0 Å². The molecular weight excluding hydrogens is 363 g/mol. The molecule has 1 aromatic heterocycles. The zero-order valence-electron chi connectivity index (χ0n) is 10.8. The second kappa shape index (κ2) is 7.27. The fourth-order valence-electron chi connectivity index (χ4n) is 1.61. The van der Waals surface area contributed by atoms with Crippen molar-refractivity contribution in [2.24, 2.45) is 0 Å². The summed E-state index contributed by atoms with van der Waals surface area (Å²) in [4.78, 5) is 4.29. The van der Waals surface area contributed by atoms with E-state index in [1.165, 1.54) is 0 Å². The number of aromatic nitrogens is 1. The summed E-state index contributed by atoms with van der Waals surface area (Å²) in [6.07, 6.45) is 1.68. The van der Waals surface area contributed by atoms with E-state index in [0.717, 1.165) is 16.6 Å². The minimum Gasteiger partial charge on any atom is -0.437 e. The molecule has 0 aliphatic carbocycles. The minimum atomic E-state index is 0.383. The van der Waals surface area contributed by atoms with Gasteiger partial charge in [0.1, 0.15) is 10.8 Å². The van der Waals surface area contributed by atoms with E-state index < -0.39 is 0 Å². The van der Waals surface area contributed by atoms with Gasteiger partial charge in [-0.15, -0.1) is 0 Å². The van der Waals surface area contributed by atoms with Gasteiger partial charge in [-0.25, -0.2) is 4.98 Å². The van der Waals surface area contributed by atoms with Crippen LogP contribution in [0.4, 0.5) is 0 Å². The summed E-state index contributed by atoms with van der Waals surface area (Å²) in [5.74, 6) is 1.00. The van der Waals surface area contributed by atoms with Gasteiger partial charge in [-0.05, 0) is 40.7 Å². The number of nitrogens with one attached hydrogen (secondary N) is 1. The highest BCUT2D eigenvalue weighted by Crippen LogP contribution is 2.35. The minimum absolute atomic E-state index is 0.383. The number of hydrogen-bond donors (Lipinski definition) is 1. The molecule has 2 aromatic rings. The lowest BCUT2D eigenvalue weighted by molar-refractivity contribution is 0.453. The highest BCUT2D eigenvalue weighted by atomic mass is 79.9. The number of hydrogen-bond acceptors (Lipinski definition) is 3. The summed E-state index contributed by atoms with van der Waals surface area (Å²) < 4.78 is 6.68. The van der Waals surface area contributed by atoms with Crippen LogP contribution in [0.2, 0.25) is 10.0 Å². The third-order valence-corrected chi connectivity index (χ3v) is 3.82. The maximum absolute atomic E-state index is 6.12. The summed E-state index contributed by atoms with van der Waals surface area (Å²) in [7, 11) is 0. The molecule has 0 spiro atoms. The molecule has 0 bridgehead atoms. The summed E-state index contributed by atoms with van der Waals surface area (Å²) in [5, 5.41) is 4.08. The van der Waals surface area contributed by atoms with Crippen LogP contribution in [0.3, 0.4) is 0 Å². The van der Waals surface area contributed by atoms with Crippen molar-refractivity contribution in [2.45, 2.75) is 13.5 Å². The van der Waals surface area contributed by atoms with Gasteiger partial charge in [0.25, 0.3) is 0 Å². The lowest BCUT2D eigenvalue weighted by Crippen LogP contribution is -2.13. The van der Waals surface area contributed by atoms with Crippen LogP contribution >= 0.6 is 39.1 Å². The molecule has 0 aliphatic rings. The summed E-state index contributed by atoms with van der Waals surface area (Å²) in [6.45, 7) is 3.57. The van der Waals surface area contributed by atoms with Gasteiger partial charge in [0.15, 0.2) is 0 Å². The SMILES string of the molecule is CCNCc1cc(Br)cnc1Oc1cccc(Cl)c1Cl. The highest BCUT2D eigenvalue weighted by molar-refractivity contribution is 9.10. The number of benzene rings is 1. The fraction of sp³-hybridized carbons (Fsp3) is 0.214. The number of pyridine rings is 1. The van der Waals surface area contributed by atoms with E-state index in [-0.39, 0.29) is 0 Å². The average Bonchev–Trinajstić information content (AvgIpc) is 2.44. The van der Waals surface area contributed by atoms with Crippen LogP contribution in [0.15, 0.2) is 34.9 Å². The molecule has 1 N–H and O–H groups in total. The topological polar surface area (TPSA) is 34.2 Å². The number of halogens is 3. The third kappa shape index (κ3) is 3.85. The molecule has 0 radical (unpaired) electrons. The van der Waals surface area contributed by atoms with E-state index in [2.05, 4.69) is 26.2 Å². The molecule has 20 heavy (non-hydrogen) atoms. The van der Waals surface area contributed by atoms with Gasteiger partial charge in [-0.1, -0.05) is 36.2 Å². The Labute approximate surface area is 136 Å². The Hall–Kier alpha value is -0.810.